The van der Waals surface area contributed by atoms with Crippen molar-refractivity contribution >= 4 is 18.5 Å². The first-order valence-corrected chi connectivity index (χ1v) is 5.40. The molecule has 0 bridgehead atoms. The summed E-state index contributed by atoms with van der Waals surface area (Å²) in [5.41, 5.74) is -0.289. The van der Waals surface area contributed by atoms with Crippen LogP contribution in [0, 0.1) is 11.3 Å². The number of rotatable bonds is 5. The Labute approximate surface area is 153 Å². The SMILES string of the molecule is COc1ccc(/C=C\CCC#N)cc1[B-](F)(F)F.[K+]. The molecule has 0 saturated heterocycles. The summed E-state index contributed by atoms with van der Waals surface area (Å²) in [5, 5.41) is 8.34. The molecule has 0 atom stereocenters. The molecule has 1 aromatic carbocycles. The van der Waals surface area contributed by atoms with Crippen LogP contribution < -0.4 is 61.6 Å². The number of nitriles is 1. The number of unbranched alkanes of at least 4 members (excludes halogenated alkanes) is 1. The van der Waals surface area contributed by atoms with Crippen LogP contribution in [0.4, 0.5) is 12.9 Å². The summed E-state index contributed by atoms with van der Waals surface area (Å²) in [6, 6.07) is 5.87. The van der Waals surface area contributed by atoms with E-state index < -0.39 is 12.4 Å². The predicted octanol–water partition coefficient (Wildman–Crippen LogP) is 0.0706. The van der Waals surface area contributed by atoms with E-state index in [9.17, 15) is 12.9 Å². The molecule has 0 radical (unpaired) electrons. The van der Waals surface area contributed by atoms with Crippen LogP contribution in [-0.2, 0) is 0 Å². The molecule has 0 unspecified atom stereocenters. The van der Waals surface area contributed by atoms with Gasteiger partial charge in [-0.25, -0.2) is 0 Å². The van der Waals surface area contributed by atoms with Gasteiger partial charge in [0.2, 0.25) is 0 Å². The van der Waals surface area contributed by atoms with Crippen molar-refractivity contribution in [2.24, 2.45) is 0 Å². The number of benzene rings is 1. The van der Waals surface area contributed by atoms with E-state index in [1.54, 1.807) is 18.2 Å². The van der Waals surface area contributed by atoms with Gasteiger partial charge in [-0.05, 0) is 18.1 Å². The summed E-state index contributed by atoms with van der Waals surface area (Å²) in [6.07, 6.45) is 4.12. The van der Waals surface area contributed by atoms with Gasteiger partial charge in [0.1, 0.15) is 0 Å². The molecule has 2 nitrogen and oxygen atoms in total. The Morgan fingerprint density at radius 1 is 1.37 bits per heavy atom. The van der Waals surface area contributed by atoms with E-state index >= 15 is 0 Å². The van der Waals surface area contributed by atoms with Gasteiger partial charge in [0.05, 0.1) is 18.9 Å². The average Bonchev–Trinajstić information content (AvgIpc) is 2.33. The van der Waals surface area contributed by atoms with Crippen LogP contribution in [0.1, 0.15) is 18.4 Å². The molecule has 96 valence electrons. The van der Waals surface area contributed by atoms with Crippen LogP contribution in [0.15, 0.2) is 24.3 Å². The fraction of sp³-hybridized carbons (Fsp3) is 0.250. The number of halogens is 3. The van der Waals surface area contributed by atoms with E-state index in [4.69, 9.17) is 10.00 Å². The molecule has 0 amide bonds. The second kappa shape index (κ2) is 8.82. The fourth-order valence-electron chi connectivity index (χ4n) is 1.48. The number of nitrogens with zero attached hydrogens (tertiary/aromatic N) is 1. The fourth-order valence-corrected chi connectivity index (χ4v) is 1.48. The van der Waals surface area contributed by atoms with Gasteiger partial charge in [-0.3, -0.25) is 0 Å². The molecule has 7 heteroatoms. The quantitative estimate of drug-likeness (QED) is 0.568. The molecule has 0 aliphatic carbocycles. The van der Waals surface area contributed by atoms with Crippen LogP contribution in [0.25, 0.3) is 6.08 Å². The molecular weight excluding hydrogens is 281 g/mol. The third-order valence-corrected chi connectivity index (χ3v) is 2.34. The Hall–Kier alpha value is -0.259. The molecule has 0 spiro atoms. The zero-order valence-corrected chi connectivity index (χ0v) is 14.0. The van der Waals surface area contributed by atoms with Crippen molar-refractivity contribution in [3.05, 3.63) is 29.8 Å². The Kier molecular flexibility index (Phi) is 8.70. The third kappa shape index (κ3) is 6.15. The normalized spacial score (nSPS) is 10.9. The number of hydrogen-bond acceptors (Lipinski definition) is 2. The van der Waals surface area contributed by atoms with Gasteiger partial charge >= 0.3 is 58.4 Å². The molecule has 1 aromatic rings. The minimum absolute atomic E-state index is 0. The van der Waals surface area contributed by atoms with Crippen LogP contribution >= 0.6 is 0 Å². The first kappa shape index (κ1) is 18.7. The number of methoxy groups -OCH3 is 1. The van der Waals surface area contributed by atoms with Gasteiger partial charge in [-0.15, -0.1) is 0 Å². The minimum atomic E-state index is -5.10. The Balaban J connectivity index is 0.00000324. The molecule has 0 heterocycles. The maximum absolute atomic E-state index is 12.8. The molecule has 0 fully saturated rings. The summed E-state index contributed by atoms with van der Waals surface area (Å²) < 4.78 is 43.0. The molecule has 19 heavy (non-hydrogen) atoms. The van der Waals surface area contributed by atoms with Gasteiger partial charge in [-0.2, -0.15) is 5.26 Å². The minimum Gasteiger partial charge on any atom is -0.500 e. The van der Waals surface area contributed by atoms with Crippen LogP contribution in [0.2, 0.25) is 0 Å². The average molecular weight is 293 g/mol. The van der Waals surface area contributed by atoms with Crippen molar-refractivity contribution in [3.8, 4) is 11.8 Å². The Morgan fingerprint density at radius 2 is 2.05 bits per heavy atom. The number of allylic oxidation sites excluding steroid dienone is 1. The van der Waals surface area contributed by atoms with Crippen molar-refractivity contribution < 1.29 is 69.1 Å². The number of ether oxygens (including phenoxy) is 1. The van der Waals surface area contributed by atoms with Crippen LogP contribution in [0.5, 0.6) is 5.75 Å². The first-order valence-electron chi connectivity index (χ1n) is 5.40. The van der Waals surface area contributed by atoms with Gasteiger partial charge < -0.3 is 17.7 Å². The van der Waals surface area contributed by atoms with E-state index in [-0.39, 0.29) is 57.1 Å². The Morgan fingerprint density at radius 3 is 2.58 bits per heavy atom. The summed E-state index contributed by atoms with van der Waals surface area (Å²) in [4.78, 5) is 0. The van der Waals surface area contributed by atoms with Crippen LogP contribution in [0.3, 0.4) is 0 Å². The van der Waals surface area contributed by atoms with E-state index in [2.05, 4.69) is 0 Å². The summed E-state index contributed by atoms with van der Waals surface area (Å²) >= 11 is 0. The zero-order valence-electron chi connectivity index (χ0n) is 10.9. The topological polar surface area (TPSA) is 33.0 Å². The molecule has 1 rings (SSSR count). The number of hydrogen-bond donors (Lipinski definition) is 0. The van der Waals surface area contributed by atoms with Gasteiger partial charge in [0.25, 0.3) is 0 Å². The first-order chi connectivity index (χ1) is 8.49. The van der Waals surface area contributed by atoms with Crippen molar-refractivity contribution in [2.45, 2.75) is 12.8 Å². The van der Waals surface area contributed by atoms with Gasteiger partial charge in [-0.1, -0.05) is 29.7 Å². The maximum Gasteiger partial charge on any atom is 1.00 e. The monoisotopic (exact) mass is 293 g/mol. The molecule has 0 aliphatic rings. The smallest absolute Gasteiger partial charge is 0.500 e. The van der Waals surface area contributed by atoms with Crippen molar-refractivity contribution in [3.63, 3.8) is 0 Å². The van der Waals surface area contributed by atoms with Gasteiger partial charge in [0.15, 0.2) is 0 Å². The molecule has 0 saturated carbocycles. The summed E-state index contributed by atoms with van der Waals surface area (Å²) in [6.45, 7) is -5.10. The summed E-state index contributed by atoms with van der Waals surface area (Å²) in [5.74, 6) is -0.170. The second-order valence-electron chi connectivity index (χ2n) is 3.68. The summed E-state index contributed by atoms with van der Waals surface area (Å²) in [7, 11) is 1.21. The second-order valence-corrected chi connectivity index (χ2v) is 3.68. The van der Waals surface area contributed by atoms with E-state index in [1.807, 2.05) is 6.07 Å². The maximum atomic E-state index is 12.8. The predicted molar refractivity (Wildman–Crippen MR) is 65.6 cm³/mol. The molecule has 0 N–H and O–H groups in total. The van der Waals surface area contributed by atoms with Crippen molar-refractivity contribution in [1.82, 2.24) is 0 Å². The standard InChI is InChI=1S/C12H12BF3NO.K/c1-18-12-7-6-10(5-3-2-4-8-17)9-11(12)13(14,15)16;/h3,5-7,9H,2,4H2,1H3;/q-1;+1/b5-3-;. The van der Waals surface area contributed by atoms with E-state index in [0.717, 1.165) is 6.07 Å². The Bertz CT molecular complexity index is 483. The molecule has 0 aromatic heterocycles. The van der Waals surface area contributed by atoms with Gasteiger partial charge in [0, 0.05) is 6.42 Å². The van der Waals surface area contributed by atoms with E-state index in [0.29, 0.717) is 18.4 Å². The van der Waals surface area contributed by atoms with Crippen LogP contribution in [-0.4, -0.2) is 14.1 Å². The zero-order chi connectivity index (χ0) is 13.6. The molecule has 0 aliphatic heterocycles. The van der Waals surface area contributed by atoms with E-state index in [1.165, 1.54) is 13.2 Å². The van der Waals surface area contributed by atoms with Crippen molar-refractivity contribution in [2.75, 3.05) is 7.11 Å². The molecular formula is C12H12BF3KNO. The third-order valence-electron chi connectivity index (χ3n) is 2.34. The van der Waals surface area contributed by atoms with Crippen molar-refractivity contribution in [1.29, 1.82) is 5.26 Å². The largest absolute Gasteiger partial charge is 1.00 e.